The van der Waals surface area contributed by atoms with Crippen LogP contribution in [0.3, 0.4) is 0 Å². The summed E-state index contributed by atoms with van der Waals surface area (Å²) in [7, 11) is 0. The van der Waals surface area contributed by atoms with Crippen molar-refractivity contribution in [3.63, 3.8) is 0 Å². The van der Waals surface area contributed by atoms with Gasteiger partial charge in [-0.25, -0.2) is 12.2 Å². The second-order valence-electron chi connectivity index (χ2n) is 7.92. The van der Waals surface area contributed by atoms with Crippen molar-refractivity contribution in [2.75, 3.05) is 0 Å². The van der Waals surface area contributed by atoms with E-state index in [9.17, 15) is 0 Å². The Hall–Kier alpha value is -0.287. The van der Waals surface area contributed by atoms with E-state index in [4.69, 9.17) is 0 Å². The summed E-state index contributed by atoms with van der Waals surface area (Å²) >= 11 is 1.55. The molecule has 0 saturated heterocycles. The molecule has 2 aliphatic rings. The van der Waals surface area contributed by atoms with Gasteiger partial charge >= 0.3 is 41.3 Å². The Kier molecular flexibility index (Phi) is 9.64. The van der Waals surface area contributed by atoms with Crippen molar-refractivity contribution in [3.8, 4) is 0 Å². The van der Waals surface area contributed by atoms with Gasteiger partial charge in [0.25, 0.3) is 0 Å². The van der Waals surface area contributed by atoms with Crippen LogP contribution in [-0.4, -0.2) is 3.21 Å². The molecule has 0 radical (unpaired) electrons. The fraction of sp³-hybridized carbons (Fsp3) is 0.571. The summed E-state index contributed by atoms with van der Waals surface area (Å²) < 4.78 is 1.51. The number of rotatable bonds is 0. The molecule has 0 bridgehead atoms. The van der Waals surface area contributed by atoms with Gasteiger partial charge in [0.1, 0.15) is 0 Å². The molecule has 0 aliphatic heterocycles. The topological polar surface area (TPSA) is 0 Å². The van der Waals surface area contributed by atoms with E-state index >= 15 is 0 Å². The zero-order valence-electron chi connectivity index (χ0n) is 15.7. The van der Waals surface area contributed by atoms with Gasteiger partial charge in [0.2, 0.25) is 0 Å². The first-order valence-electron chi connectivity index (χ1n) is 8.01. The molecule has 0 saturated carbocycles. The molecule has 1 heteroatoms. The van der Waals surface area contributed by atoms with Crippen LogP contribution in [0.2, 0.25) is 0 Å². The van der Waals surface area contributed by atoms with E-state index in [1.165, 1.54) is 14.4 Å². The van der Waals surface area contributed by atoms with Crippen molar-refractivity contribution in [2.45, 2.75) is 68.2 Å². The van der Waals surface area contributed by atoms with E-state index in [0.29, 0.717) is 10.8 Å². The quantitative estimate of drug-likeness (QED) is 0.443. The zero-order chi connectivity index (χ0) is 17.4. The van der Waals surface area contributed by atoms with Crippen molar-refractivity contribution >= 4 is 3.21 Å². The van der Waals surface area contributed by atoms with E-state index in [-0.39, 0.29) is 0 Å². The molecule has 0 heterocycles. The summed E-state index contributed by atoms with van der Waals surface area (Å²) in [6.45, 7) is 17.6. The van der Waals surface area contributed by atoms with Crippen molar-refractivity contribution < 1.29 is 24.2 Å². The van der Waals surface area contributed by atoms with Crippen LogP contribution >= 0.6 is 0 Å². The Morgan fingerprint density at radius 1 is 0.818 bits per heavy atom. The monoisotopic (exact) mass is 374 g/mol. The van der Waals surface area contributed by atoms with Crippen LogP contribution in [0.4, 0.5) is 0 Å². The van der Waals surface area contributed by atoms with Crippen LogP contribution < -0.4 is 0 Å². The van der Waals surface area contributed by atoms with Gasteiger partial charge in [-0.2, -0.15) is 23.3 Å². The fourth-order valence-electron chi connectivity index (χ4n) is 1.84. The van der Waals surface area contributed by atoms with Crippen LogP contribution in [0.5, 0.6) is 0 Å². The second kappa shape index (κ2) is 9.76. The van der Waals surface area contributed by atoms with Crippen LogP contribution in [0.25, 0.3) is 0 Å². The predicted molar refractivity (Wildman–Crippen MR) is 96.3 cm³/mol. The number of hydrogen-bond donors (Lipinski definition) is 0. The van der Waals surface area contributed by atoms with Gasteiger partial charge in [-0.1, -0.05) is 52.4 Å². The summed E-state index contributed by atoms with van der Waals surface area (Å²) in [6.07, 6.45) is 17.0. The third-order valence-electron chi connectivity index (χ3n) is 3.13. The van der Waals surface area contributed by atoms with Gasteiger partial charge < -0.3 is 0 Å². The second-order valence-corrected chi connectivity index (χ2v) is 10.4. The molecular weight excluding hydrogens is 343 g/mol. The average molecular weight is 376 g/mol. The molecule has 0 amide bonds. The molecule has 0 spiro atoms. The molecule has 22 heavy (non-hydrogen) atoms. The fourth-order valence-corrected chi connectivity index (χ4v) is 1.84. The van der Waals surface area contributed by atoms with Crippen molar-refractivity contribution in [1.82, 2.24) is 0 Å². The minimum absolute atomic E-state index is 0.323. The van der Waals surface area contributed by atoms with Gasteiger partial charge in [0.05, 0.1) is 0 Å². The van der Waals surface area contributed by atoms with Gasteiger partial charge in [0, 0.05) is 0 Å². The predicted octanol–water partition coefficient (Wildman–Crippen LogP) is 6.19. The van der Waals surface area contributed by atoms with Crippen LogP contribution in [0, 0.1) is 23.0 Å². The van der Waals surface area contributed by atoms with Gasteiger partial charge in [-0.3, -0.25) is 12.2 Å². The van der Waals surface area contributed by atoms with Crippen molar-refractivity contribution in [1.29, 1.82) is 0 Å². The minimum atomic E-state index is 0.323. The Balaban J connectivity index is 0.000000326. The summed E-state index contributed by atoms with van der Waals surface area (Å²) in [5.74, 6) is 0. The summed E-state index contributed by atoms with van der Waals surface area (Å²) in [6, 6.07) is 0. The molecule has 0 aromatic carbocycles. The molecule has 0 atom stereocenters. The molecule has 0 unspecified atom stereocenters. The molecular formula is C21H32Zr. The Morgan fingerprint density at radius 3 is 1.18 bits per heavy atom. The Labute approximate surface area is 153 Å². The Bertz CT molecular complexity index is 427. The molecule has 2 rings (SSSR count). The standard InChI is InChI=1S/2C9H13.C3H6.Zr/c2*1-9(2,3)8-6-4-5-7-8;1-3-2;/h2*6-7H,4H2,1-3H3;1-2H3;/q2*-1;;+2. The van der Waals surface area contributed by atoms with E-state index in [1.54, 1.807) is 24.2 Å². The van der Waals surface area contributed by atoms with Gasteiger partial charge in [0.15, 0.2) is 0 Å². The molecule has 120 valence electrons. The number of allylic oxidation sites excluding steroid dienone is 8. The third kappa shape index (κ3) is 10.4. The maximum atomic E-state index is 3.16. The molecule has 2 aliphatic carbocycles. The van der Waals surface area contributed by atoms with Crippen molar-refractivity contribution in [2.24, 2.45) is 10.8 Å². The first-order valence-corrected chi connectivity index (χ1v) is 9.23. The normalized spacial score (nSPS) is 16.3. The van der Waals surface area contributed by atoms with Crippen LogP contribution in [0.15, 0.2) is 35.5 Å². The molecule has 0 aromatic rings. The maximum absolute atomic E-state index is 3.16. The van der Waals surface area contributed by atoms with Crippen LogP contribution in [-0.2, 0) is 24.2 Å². The molecule has 0 fully saturated rings. The zero-order valence-corrected chi connectivity index (χ0v) is 18.2. The van der Waals surface area contributed by atoms with E-state index in [2.05, 4.69) is 91.8 Å². The molecule has 0 nitrogen and oxygen atoms in total. The van der Waals surface area contributed by atoms with E-state index < -0.39 is 0 Å². The first-order chi connectivity index (χ1) is 9.94. The molecule has 0 aromatic heterocycles. The third-order valence-corrected chi connectivity index (χ3v) is 3.13. The van der Waals surface area contributed by atoms with E-state index in [1.807, 2.05) is 0 Å². The van der Waals surface area contributed by atoms with Crippen molar-refractivity contribution in [3.05, 3.63) is 47.6 Å². The molecule has 0 N–H and O–H groups in total. The summed E-state index contributed by atoms with van der Waals surface area (Å²) in [5, 5.41) is 0. The van der Waals surface area contributed by atoms with Gasteiger partial charge in [-0.05, 0) is 0 Å². The van der Waals surface area contributed by atoms with Gasteiger partial charge in [-0.15, -0.1) is 12.8 Å². The summed E-state index contributed by atoms with van der Waals surface area (Å²) in [4.78, 5) is 0. The summed E-state index contributed by atoms with van der Waals surface area (Å²) in [5.41, 5.74) is 3.48. The van der Waals surface area contributed by atoms with Crippen LogP contribution in [0.1, 0.15) is 68.2 Å². The van der Waals surface area contributed by atoms with E-state index in [0.717, 1.165) is 12.8 Å². The first kappa shape index (κ1) is 21.7. The number of hydrogen-bond acceptors (Lipinski definition) is 0. The Morgan fingerprint density at radius 2 is 1.09 bits per heavy atom. The average Bonchev–Trinajstić information content (AvgIpc) is 3.02. The SMILES string of the molecule is CC(C)(C)C1=CC[C-]=C1.CC(C)(C)C1=CC[C-]=C1.C[C](C)=[Zr+2].